The highest BCUT2D eigenvalue weighted by Gasteiger charge is 2.26. The lowest BCUT2D eigenvalue weighted by atomic mass is 9.89. The van der Waals surface area contributed by atoms with Gasteiger partial charge in [-0.15, -0.1) is 0 Å². The number of methoxy groups -OCH3 is 2. The van der Waals surface area contributed by atoms with E-state index in [1.54, 1.807) is 87.0 Å². The van der Waals surface area contributed by atoms with Gasteiger partial charge in [0.05, 0.1) is 57.5 Å². The molecule has 0 bridgehead atoms. The van der Waals surface area contributed by atoms with Crippen molar-refractivity contribution in [3.8, 4) is 57.5 Å². The number of nitrogens with zero attached hydrogens (tertiary/aromatic N) is 1. The molecule has 1 amide bonds. The number of ether oxygens (including phenoxy) is 8. The van der Waals surface area contributed by atoms with Crippen molar-refractivity contribution >= 4 is 51.2 Å². The fourth-order valence-corrected chi connectivity index (χ4v) is 12.5. The van der Waals surface area contributed by atoms with E-state index in [1.807, 2.05) is 170 Å². The number of aromatic nitrogens is 1. The van der Waals surface area contributed by atoms with E-state index in [1.165, 1.54) is 16.7 Å². The average Bonchev–Trinajstić information content (AvgIpc) is 1.74. The van der Waals surface area contributed by atoms with Gasteiger partial charge in [-0.2, -0.15) is 0 Å². The lowest BCUT2D eigenvalue weighted by Gasteiger charge is -2.21. The molecule has 0 saturated heterocycles. The summed E-state index contributed by atoms with van der Waals surface area (Å²) in [7, 11) is 3.25. The molecule has 8 N–H and O–H groups in total. The van der Waals surface area contributed by atoms with Gasteiger partial charge in [0.1, 0.15) is 64.1 Å². The number of benzene rings is 10. The summed E-state index contributed by atoms with van der Waals surface area (Å²) in [6.07, 6.45) is 8.00. The molecule has 0 radical (unpaired) electrons. The van der Waals surface area contributed by atoms with Crippen LogP contribution in [0.25, 0.3) is 21.7 Å². The van der Waals surface area contributed by atoms with Crippen molar-refractivity contribution in [2.45, 2.75) is 301 Å². The monoisotopic (exact) mass is 1880 g/mol. The highest BCUT2D eigenvalue weighted by molar-refractivity contribution is 5.95. The fourth-order valence-electron chi connectivity index (χ4n) is 12.5. The van der Waals surface area contributed by atoms with E-state index in [-0.39, 0.29) is 181 Å². The van der Waals surface area contributed by atoms with E-state index >= 15 is 0 Å². The normalized spacial score (nSPS) is 11.0. The first-order chi connectivity index (χ1) is 58.9. The highest BCUT2D eigenvalue weighted by Crippen LogP contribution is 2.36. The van der Waals surface area contributed by atoms with Gasteiger partial charge in [0, 0.05) is 87.1 Å². The zero-order chi connectivity index (χ0) is 90.3. The van der Waals surface area contributed by atoms with Crippen LogP contribution in [0, 0.1) is 25.2 Å². The number of carbonyl (C=O) groups excluding carboxylic acids is 4. The van der Waals surface area contributed by atoms with Crippen molar-refractivity contribution in [1.29, 1.82) is 0 Å². The molecule has 21 nitrogen and oxygen atoms in total. The summed E-state index contributed by atoms with van der Waals surface area (Å²) in [5.41, 5.74) is 11.2. The molecule has 1 aromatic heterocycles. The number of anilines is 1. The number of rotatable bonds is 33. The summed E-state index contributed by atoms with van der Waals surface area (Å²) >= 11 is 0. The number of aryl methyl sites for hydroxylation is 2. The summed E-state index contributed by atoms with van der Waals surface area (Å²) in [4.78, 5) is 47.9. The second-order valence-electron chi connectivity index (χ2n) is 31.1. The predicted molar refractivity (Wildman–Crippen MR) is 567 cm³/mol. The third kappa shape index (κ3) is 42.4. The van der Waals surface area contributed by atoms with Gasteiger partial charge < -0.3 is 83.5 Å². The maximum Gasteiger partial charge on any atom is 0.349 e. The number of phenols is 4. The van der Waals surface area contributed by atoms with Crippen LogP contribution in [0.15, 0.2) is 206 Å². The third-order valence-corrected chi connectivity index (χ3v) is 21.5. The summed E-state index contributed by atoms with van der Waals surface area (Å²) in [6, 6.07) is 61.2. The quantitative estimate of drug-likeness (QED) is 0.0108. The van der Waals surface area contributed by atoms with Crippen LogP contribution in [0.4, 0.5) is 5.69 Å². The van der Waals surface area contributed by atoms with Gasteiger partial charge in [-0.1, -0.05) is 286 Å². The van der Waals surface area contributed by atoms with E-state index in [2.05, 4.69) is 77.4 Å². The lowest BCUT2D eigenvalue weighted by Crippen LogP contribution is -2.29. The number of hydrogen-bond donors (Lipinski definition) is 8. The van der Waals surface area contributed by atoms with E-state index in [9.17, 15) is 49.8 Å². The molecule has 0 aliphatic rings. The highest BCUT2D eigenvalue weighted by atomic mass is 16.6. The Morgan fingerprint density at radius 1 is 0.415 bits per heavy atom. The average molecular weight is 1880 g/mol. The van der Waals surface area contributed by atoms with Crippen LogP contribution < -0.4 is 33.7 Å². The number of phenolic OH excluding ortho intramolecular Hbond substituents is 3. The number of para-hydroxylation sites is 1. The zero-order valence-electron chi connectivity index (χ0n) is 74.6. The minimum absolute atomic E-state index is 0. The van der Waals surface area contributed by atoms with E-state index in [4.69, 9.17) is 43.0 Å². The number of amides is 1. The Labute approximate surface area is 814 Å². The number of nitrogens with one attached hydrogen (secondary N) is 1. The number of aliphatic hydroxyl groups is 3. The number of carbonyl (C=O) groups is 4. The van der Waals surface area contributed by atoms with Crippen molar-refractivity contribution < 1.29 is 92.8 Å². The van der Waals surface area contributed by atoms with Gasteiger partial charge in [0.2, 0.25) is 5.91 Å². The molecular formula is C114H176N2O19. The van der Waals surface area contributed by atoms with Crippen molar-refractivity contribution in [2.75, 3.05) is 32.8 Å². The van der Waals surface area contributed by atoms with Gasteiger partial charge in [-0.25, -0.2) is 4.79 Å². The minimum atomic E-state index is -0.475. The van der Waals surface area contributed by atoms with Crippen molar-refractivity contribution in [3.63, 3.8) is 0 Å². The Morgan fingerprint density at radius 2 is 0.867 bits per heavy atom. The smallest absolute Gasteiger partial charge is 0.349 e. The van der Waals surface area contributed by atoms with Crippen molar-refractivity contribution in [1.82, 2.24) is 4.57 Å². The SMILES string of the molecule is C.C.C.C.C.C.C.C.C.C.C.C.CCC(C)(C)C(=O)Nc1ccc(O)cc1.CCC(C)C(=O)Oc1ccc(O)c2ccccc12.CCC(C)c1ccc(OC(=O)COc2c(COC)cc(C)cc2COC)cc1.CCC(C)c1ccc(OCCC(=O)Oc2c(CO)cccc2CO)cc1.CCC(C)c1ccc(OCc2cc(C)cc(CO)c2O)cc1.CCC(C)n1ccc2c(O)cccc21. The molecule has 756 valence electrons. The van der Waals surface area contributed by atoms with Gasteiger partial charge in [-0.3, -0.25) is 14.4 Å². The fraction of sp³-hybridized carbons (Fsp3) is 0.439. The van der Waals surface area contributed by atoms with Crippen molar-refractivity contribution in [2.24, 2.45) is 11.3 Å². The molecule has 0 spiro atoms. The largest absolute Gasteiger partial charge is 0.508 e. The molecular weight excluding hydrogens is 1700 g/mol. The van der Waals surface area contributed by atoms with Gasteiger partial charge in [0.25, 0.3) is 0 Å². The maximum absolute atomic E-state index is 12.3. The lowest BCUT2D eigenvalue weighted by molar-refractivity contribution is -0.138. The standard InChI is InChI=1S/C23H30O5.C21H26O5.C19H24O3.C15H16O3.C12H17NO2.C12H15NO.12CH4/c1-6-17(3)18-7-9-21(10-8-18)28-22(24)15-27-23-19(13-25-4)11-16(2)12-20(23)14-26-5;1-3-15(2)16-7-9-19(10-8-16)25-12-11-20(24)26-21-17(13-22)5-4-6-18(21)14-23;1-4-14(3)15-5-7-18(8-6-15)22-12-17-10-13(2)9-16(11-20)19(17)21;1-3-10(2)15(17)18-14-9-8-13(16)11-6-4-5-7-12(11)14;1-4-12(2,3)11(15)13-9-5-7-10(14)8-6-9;1-3-9(2)13-8-7-10-11(13)5-4-6-12(10)14;;;;;;;;;;;;/h7-12,17H,6,13-15H2,1-5H3;4-10,15,22-23H,3,11-14H2,1-2H3;5-10,14,20-21H,4,11-12H2,1-3H3;4-10,16H,3H2,1-2H3;5-8,14H,4H2,1-3H3,(H,13,15);4-9,14H,3H2,1-2H3;12*1H4. The van der Waals surface area contributed by atoms with E-state index in [0.717, 1.165) is 82.8 Å². The van der Waals surface area contributed by atoms with Crippen LogP contribution in [0.5, 0.6) is 57.5 Å². The van der Waals surface area contributed by atoms with Crippen LogP contribution in [0.3, 0.4) is 0 Å². The van der Waals surface area contributed by atoms with Crippen molar-refractivity contribution in [3.05, 3.63) is 268 Å². The molecule has 5 atom stereocenters. The Balaban J connectivity index is -0.000000290. The molecule has 5 unspecified atom stereocenters. The Hall–Kier alpha value is -11.7. The first-order valence-electron chi connectivity index (χ1n) is 42.2. The Morgan fingerprint density at radius 3 is 1.33 bits per heavy atom. The molecule has 1 heterocycles. The van der Waals surface area contributed by atoms with Crippen LogP contribution in [-0.4, -0.2) is 91.6 Å². The molecule has 11 aromatic rings. The molecule has 0 aliphatic carbocycles. The molecule has 0 fully saturated rings. The third-order valence-electron chi connectivity index (χ3n) is 21.5. The number of fused-ring (bicyclic) bond motifs is 2. The summed E-state index contributed by atoms with van der Waals surface area (Å²) in [5.74, 6) is 4.41. The maximum atomic E-state index is 12.3. The molecule has 11 rings (SSSR count). The van der Waals surface area contributed by atoms with Gasteiger partial charge in [0.15, 0.2) is 6.61 Å². The van der Waals surface area contributed by atoms with Crippen LogP contribution >= 0.6 is 0 Å². The molecule has 10 aromatic carbocycles. The summed E-state index contributed by atoms with van der Waals surface area (Å²) in [5, 5.41) is 71.7. The Bertz CT molecular complexity index is 5030. The number of aliphatic hydroxyl groups excluding tert-OH is 3. The molecule has 0 aliphatic heterocycles. The Kier molecular flexibility index (Phi) is 70.7. The van der Waals surface area contributed by atoms with Gasteiger partial charge >= 0.3 is 17.9 Å². The van der Waals surface area contributed by atoms with Crippen LogP contribution in [0.1, 0.15) is 309 Å². The minimum Gasteiger partial charge on any atom is -0.508 e. The second-order valence-corrected chi connectivity index (χ2v) is 31.1. The van der Waals surface area contributed by atoms with Crippen LogP contribution in [-0.2, 0) is 68.3 Å². The van der Waals surface area contributed by atoms with Gasteiger partial charge in [-0.05, 0) is 191 Å². The first kappa shape index (κ1) is 136. The number of aromatic hydroxyl groups is 4. The van der Waals surface area contributed by atoms with E-state index < -0.39 is 11.9 Å². The molecule has 0 saturated carbocycles. The predicted octanol–water partition coefficient (Wildman–Crippen LogP) is 29.8. The second kappa shape index (κ2) is 70.0. The van der Waals surface area contributed by atoms with Crippen LogP contribution in [0.2, 0.25) is 0 Å². The molecule has 21 heteroatoms. The number of esters is 3. The molecule has 135 heavy (non-hydrogen) atoms. The van der Waals surface area contributed by atoms with E-state index in [0.29, 0.717) is 99.1 Å². The summed E-state index contributed by atoms with van der Waals surface area (Å²) in [6.45, 7) is 31.2. The first-order valence-corrected chi connectivity index (χ1v) is 42.2. The topological polar surface area (TPSA) is 301 Å². The zero-order valence-corrected chi connectivity index (χ0v) is 74.6. The summed E-state index contributed by atoms with van der Waals surface area (Å²) < 4.78 is 46.0. The number of hydrogen-bond acceptors (Lipinski definition) is 19.